The van der Waals surface area contributed by atoms with Gasteiger partial charge in [-0.25, -0.2) is 4.39 Å². The maximum Gasteiger partial charge on any atom is 0.296 e. The van der Waals surface area contributed by atoms with Crippen LogP contribution in [-0.2, 0) is 13.0 Å². The zero-order valence-corrected chi connectivity index (χ0v) is 12.9. The van der Waals surface area contributed by atoms with E-state index in [0.717, 1.165) is 24.4 Å². The van der Waals surface area contributed by atoms with Crippen molar-refractivity contribution in [1.82, 2.24) is 19.2 Å². The predicted octanol–water partition coefficient (Wildman–Crippen LogP) is 2.67. The van der Waals surface area contributed by atoms with Crippen LogP contribution in [0.25, 0.3) is 11.7 Å². The molecule has 0 aliphatic carbocycles. The lowest BCUT2D eigenvalue weighted by atomic mass is 10.2. The van der Waals surface area contributed by atoms with Crippen LogP contribution >= 0.6 is 0 Å². The number of hydrogen-bond donors (Lipinski definition) is 0. The van der Waals surface area contributed by atoms with Crippen molar-refractivity contribution in [3.05, 3.63) is 70.3 Å². The van der Waals surface area contributed by atoms with Gasteiger partial charge in [0, 0.05) is 12.6 Å². The van der Waals surface area contributed by atoms with E-state index in [-0.39, 0.29) is 23.6 Å². The molecule has 6 heteroatoms. The fourth-order valence-corrected chi connectivity index (χ4v) is 2.61. The van der Waals surface area contributed by atoms with E-state index in [9.17, 15) is 9.18 Å². The molecule has 23 heavy (non-hydrogen) atoms. The average molecular weight is 312 g/mol. The zero-order chi connectivity index (χ0) is 16.4. The van der Waals surface area contributed by atoms with Crippen molar-refractivity contribution in [2.45, 2.75) is 26.3 Å². The van der Waals surface area contributed by atoms with Gasteiger partial charge in [-0.2, -0.15) is 0 Å². The van der Waals surface area contributed by atoms with Crippen LogP contribution in [0.3, 0.4) is 0 Å². The molecule has 3 rings (SSSR count). The Morgan fingerprint density at radius 2 is 2.17 bits per heavy atom. The molecule has 118 valence electrons. The lowest BCUT2D eigenvalue weighted by Crippen LogP contribution is -2.24. The molecular weight excluding hydrogens is 295 g/mol. The third-order valence-electron chi connectivity index (χ3n) is 3.65. The largest absolute Gasteiger partial charge is 0.306 e. The van der Waals surface area contributed by atoms with Gasteiger partial charge in [0.05, 0.1) is 12.2 Å². The monoisotopic (exact) mass is 312 g/mol. The molecule has 0 fully saturated rings. The number of aryl methyl sites for hydroxylation is 1. The second-order valence-corrected chi connectivity index (χ2v) is 5.35. The summed E-state index contributed by atoms with van der Waals surface area (Å²) in [5, 5.41) is 8.13. The Morgan fingerprint density at radius 1 is 1.35 bits per heavy atom. The van der Waals surface area contributed by atoms with Gasteiger partial charge in [-0.05, 0) is 30.2 Å². The molecule has 0 spiro atoms. The van der Waals surface area contributed by atoms with E-state index in [1.807, 2.05) is 6.92 Å². The molecule has 0 N–H and O–H groups in total. The van der Waals surface area contributed by atoms with Gasteiger partial charge < -0.3 is 4.57 Å². The predicted molar refractivity (Wildman–Crippen MR) is 86.8 cm³/mol. The van der Waals surface area contributed by atoms with Gasteiger partial charge in [-0.1, -0.05) is 25.6 Å². The minimum Gasteiger partial charge on any atom is -0.306 e. The summed E-state index contributed by atoms with van der Waals surface area (Å²) in [7, 11) is 0. The highest BCUT2D eigenvalue weighted by molar-refractivity contribution is 5.49. The number of rotatable bonds is 5. The fraction of sp³-hybridized carbons (Fsp3) is 0.235. The SMILES string of the molecule is C=Cc1cn(Cc2cccc(F)c2)c(=O)c2nnc(CCC)n12. The first-order chi connectivity index (χ1) is 11.1. The number of halogens is 1. The highest BCUT2D eigenvalue weighted by Crippen LogP contribution is 2.11. The summed E-state index contributed by atoms with van der Waals surface area (Å²) in [5.74, 6) is 0.417. The van der Waals surface area contributed by atoms with Gasteiger partial charge in [0.1, 0.15) is 11.6 Å². The standard InChI is InChI=1S/C17H17FN4O/c1-3-6-15-19-20-16-17(23)21(11-14(4-2)22(15)16)10-12-7-5-8-13(18)9-12/h4-5,7-9,11H,2-3,6,10H2,1H3. The van der Waals surface area contributed by atoms with E-state index >= 15 is 0 Å². The van der Waals surface area contributed by atoms with Crippen molar-refractivity contribution in [3.63, 3.8) is 0 Å². The van der Waals surface area contributed by atoms with Crippen molar-refractivity contribution >= 4 is 11.7 Å². The molecule has 2 aromatic heterocycles. The summed E-state index contributed by atoms with van der Waals surface area (Å²) in [6.45, 7) is 6.11. The van der Waals surface area contributed by atoms with Gasteiger partial charge in [-0.15, -0.1) is 10.2 Å². The van der Waals surface area contributed by atoms with Crippen molar-refractivity contribution < 1.29 is 4.39 Å². The Labute approximate surface area is 132 Å². The molecule has 2 heterocycles. The second-order valence-electron chi connectivity index (χ2n) is 5.35. The van der Waals surface area contributed by atoms with Crippen molar-refractivity contribution in [2.24, 2.45) is 0 Å². The second kappa shape index (κ2) is 6.16. The molecule has 0 saturated carbocycles. The maximum atomic E-state index is 13.3. The normalized spacial score (nSPS) is 11.0. The summed E-state index contributed by atoms with van der Waals surface area (Å²) in [6, 6.07) is 6.19. The number of fused-ring (bicyclic) bond motifs is 1. The number of nitrogens with zero attached hydrogens (tertiary/aromatic N) is 4. The topological polar surface area (TPSA) is 52.2 Å². The van der Waals surface area contributed by atoms with Crippen LogP contribution in [0.2, 0.25) is 0 Å². The molecule has 0 radical (unpaired) electrons. The summed E-state index contributed by atoms with van der Waals surface area (Å²) in [5.41, 5.74) is 1.46. The van der Waals surface area contributed by atoms with E-state index < -0.39 is 0 Å². The molecule has 0 saturated heterocycles. The first-order valence-corrected chi connectivity index (χ1v) is 7.48. The van der Waals surface area contributed by atoms with Gasteiger partial charge in [0.2, 0.25) is 5.65 Å². The minimum atomic E-state index is -0.326. The molecule has 3 aromatic rings. The van der Waals surface area contributed by atoms with E-state index in [1.165, 1.54) is 16.7 Å². The van der Waals surface area contributed by atoms with Crippen LogP contribution in [0.5, 0.6) is 0 Å². The molecule has 0 atom stereocenters. The van der Waals surface area contributed by atoms with Crippen molar-refractivity contribution in [2.75, 3.05) is 0 Å². The summed E-state index contributed by atoms with van der Waals surface area (Å²) in [4.78, 5) is 12.6. The minimum absolute atomic E-state index is 0.255. The Hall–Kier alpha value is -2.76. The average Bonchev–Trinajstić information content (AvgIpc) is 2.95. The lowest BCUT2D eigenvalue weighted by molar-refractivity contribution is 0.622. The molecule has 5 nitrogen and oxygen atoms in total. The van der Waals surface area contributed by atoms with Crippen molar-refractivity contribution in [3.8, 4) is 0 Å². The Bertz CT molecular complexity index is 926. The third-order valence-corrected chi connectivity index (χ3v) is 3.65. The Morgan fingerprint density at radius 3 is 2.87 bits per heavy atom. The first kappa shape index (κ1) is 15.1. The molecule has 0 aliphatic heterocycles. The maximum absolute atomic E-state index is 13.3. The van der Waals surface area contributed by atoms with Crippen molar-refractivity contribution in [1.29, 1.82) is 0 Å². The molecule has 1 aromatic carbocycles. The van der Waals surface area contributed by atoms with Crippen LogP contribution < -0.4 is 5.56 Å². The van der Waals surface area contributed by atoms with Gasteiger partial charge in [-0.3, -0.25) is 9.20 Å². The van der Waals surface area contributed by atoms with Crippen LogP contribution in [0, 0.1) is 5.82 Å². The quantitative estimate of drug-likeness (QED) is 0.728. The molecule has 0 unspecified atom stereocenters. The highest BCUT2D eigenvalue weighted by atomic mass is 19.1. The third kappa shape index (κ3) is 2.79. The van der Waals surface area contributed by atoms with Crippen LogP contribution in [0.1, 0.15) is 30.4 Å². The highest BCUT2D eigenvalue weighted by Gasteiger charge is 2.14. The van der Waals surface area contributed by atoms with Gasteiger partial charge in [0.15, 0.2) is 0 Å². The van der Waals surface area contributed by atoms with E-state index in [2.05, 4.69) is 16.8 Å². The number of aromatic nitrogens is 4. The first-order valence-electron chi connectivity index (χ1n) is 7.48. The molecule has 0 amide bonds. The summed E-state index contributed by atoms with van der Waals surface area (Å²) >= 11 is 0. The van der Waals surface area contributed by atoms with E-state index in [1.54, 1.807) is 28.8 Å². The lowest BCUT2D eigenvalue weighted by Gasteiger charge is -2.10. The fourth-order valence-electron chi connectivity index (χ4n) is 2.61. The summed E-state index contributed by atoms with van der Waals surface area (Å²) in [6.07, 6.45) is 5.01. The van der Waals surface area contributed by atoms with Crippen LogP contribution in [0.15, 0.2) is 41.8 Å². The smallest absolute Gasteiger partial charge is 0.296 e. The van der Waals surface area contributed by atoms with E-state index in [4.69, 9.17) is 0 Å². The Balaban J connectivity index is 2.14. The number of benzene rings is 1. The van der Waals surface area contributed by atoms with Crippen LogP contribution in [-0.4, -0.2) is 19.2 Å². The zero-order valence-electron chi connectivity index (χ0n) is 12.9. The Kier molecular flexibility index (Phi) is 4.06. The molecule has 0 aliphatic rings. The van der Waals surface area contributed by atoms with Gasteiger partial charge in [0.25, 0.3) is 5.56 Å². The van der Waals surface area contributed by atoms with Crippen LogP contribution in [0.4, 0.5) is 4.39 Å². The van der Waals surface area contributed by atoms with Gasteiger partial charge >= 0.3 is 0 Å². The molecular formula is C17H17FN4O. The summed E-state index contributed by atoms with van der Waals surface area (Å²) < 4.78 is 16.6. The van der Waals surface area contributed by atoms with E-state index in [0.29, 0.717) is 5.56 Å². The number of hydrogen-bond acceptors (Lipinski definition) is 3. The molecule has 0 bridgehead atoms.